The molecule has 0 bridgehead atoms. The van der Waals surface area contributed by atoms with Crippen LogP contribution in [0, 0.1) is 0 Å². The molecule has 0 aliphatic carbocycles. The Balaban J connectivity index is 1.37. The molecule has 11 nitrogen and oxygen atoms in total. The zero-order valence-electron chi connectivity index (χ0n) is 21.6. The van der Waals surface area contributed by atoms with Crippen LogP contribution in [0.2, 0.25) is 0 Å². The van der Waals surface area contributed by atoms with Crippen molar-refractivity contribution in [3.8, 4) is 40.0 Å². The lowest BCUT2D eigenvalue weighted by atomic mass is 10.1. The Morgan fingerprint density at radius 1 is 0.730 bits per heavy atom. The van der Waals surface area contributed by atoms with E-state index in [1.54, 1.807) is 31.3 Å². The van der Waals surface area contributed by atoms with Gasteiger partial charge in [-0.05, 0) is 30.3 Å². The number of piperazine rings is 1. The van der Waals surface area contributed by atoms with Crippen molar-refractivity contribution in [1.29, 1.82) is 0 Å². The molecule has 1 saturated heterocycles. The van der Waals surface area contributed by atoms with Crippen LogP contribution in [0.25, 0.3) is 11.3 Å². The van der Waals surface area contributed by atoms with Crippen LogP contribution in [0.15, 0.2) is 42.5 Å². The van der Waals surface area contributed by atoms with E-state index in [1.165, 1.54) is 21.3 Å². The zero-order chi connectivity index (χ0) is 26.4. The summed E-state index contributed by atoms with van der Waals surface area (Å²) >= 11 is 0. The van der Waals surface area contributed by atoms with Crippen LogP contribution in [0.3, 0.4) is 0 Å². The number of carbonyl (C=O) groups is 1. The molecule has 2 heterocycles. The molecule has 1 aromatic heterocycles. The van der Waals surface area contributed by atoms with Gasteiger partial charge in [0.05, 0.1) is 46.9 Å². The van der Waals surface area contributed by atoms with Crippen LogP contribution in [-0.2, 0) is 0 Å². The third kappa shape index (κ3) is 5.55. The van der Waals surface area contributed by atoms with Crippen molar-refractivity contribution in [2.75, 3.05) is 71.9 Å². The van der Waals surface area contributed by atoms with Crippen LogP contribution in [0.4, 0.5) is 16.3 Å². The number of nitrogens with zero attached hydrogens (tertiary/aromatic N) is 4. The fourth-order valence-corrected chi connectivity index (χ4v) is 4.14. The van der Waals surface area contributed by atoms with E-state index in [0.29, 0.717) is 60.6 Å². The average Bonchev–Trinajstić information content (AvgIpc) is 2.96. The van der Waals surface area contributed by atoms with Crippen LogP contribution in [0.1, 0.15) is 0 Å². The third-order valence-electron chi connectivity index (χ3n) is 6.14. The van der Waals surface area contributed by atoms with Crippen molar-refractivity contribution in [3.05, 3.63) is 42.5 Å². The molecule has 1 aliphatic heterocycles. The Labute approximate surface area is 215 Å². The van der Waals surface area contributed by atoms with Gasteiger partial charge in [-0.3, -0.25) is 0 Å². The predicted molar refractivity (Wildman–Crippen MR) is 139 cm³/mol. The van der Waals surface area contributed by atoms with Gasteiger partial charge in [-0.2, -0.15) is 0 Å². The Morgan fingerprint density at radius 2 is 1.38 bits per heavy atom. The fraction of sp³-hybridized carbons (Fsp3) is 0.346. The highest BCUT2D eigenvalue weighted by Crippen LogP contribution is 2.40. The summed E-state index contributed by atoms with van der Waals surface area (Å²) in [6.07, 6.45) is 0. The Hall–Kier alpha value is -4.41. The summed E-state index contributed by atoms with van der Waals surface area (Å²) in [5, 5.41) is 11.7. The maximum atomic E-state index is 12.9. The molecular formula is C26H31N5O6. The highest BCUT2D eigenvalue weighted by atomic mass is 16.5. The number of nitrogens with one attached hydrogen (secondary N) is 1. The summed E-state index contributed by atoms with van der Waals surface area (Å²) in [5.74, 6) is 3.45. The minimum atomic E-state index is -0.205. The van der Waals surface area contributed by atoms with Crippen LogP contribution in [-0.4, -0.2) is 82.9 Å². The van der Waals surface area contributed by atoms with Gasteiger partial charge in [-0.15, -0.1) is 10.2 Å². The van der Waals surface area contributed by atoms with Gasteiger partial charge in [0.2, 0.25) is 5.75 Å². The molecule has 3 aromatic rings. The van der Waals surface area contributed by atoms with E-state index >= 15 is 0 Å². The highest BCUT2D eigenvalue weighted by molar-refractivity contribution is 5.90. The number of anilines is 2. The Kier molecular flexibility index (Phi) is 8.02. The number of aromatic nitrogens is 2. The van der Waals surface area contributed by atoms with E-state index in [-0.39, 0.29) is 6.03 Å². The molecule has 0 atom stereocenters. The molecule has 2 amide bonds. The van der Waals surface area contributed by atoms with E-state index in [0.717, 1.165) is 17.1 Å². The molecule has 196 valence electrons. The lowest BCUT2D eigenvalue weighted by Gasteiger charge is -2.35. The second kappa shape index (κ2) is 11.5. The number of hydrogen-bond donors (Lipinski definition) is 1. The fourth-order valence-electron chi connectivity index (χ4n) is 4.14. The minimum Gasteiger partial charge on any atom is -0.493 e. The molecule has 1 N–H and O–H groups in total. The monoisotopic (exact) mass is 509 g/mol. The summed E-state index contributed by atoms with van der Waals surface area (Å²) in [6.45, 7) is 2.34. The van der Waals surface area contributed by atoms with E-state index in [2.05, 4.69) is 20.4 Å². The molecule has 4 rings (SSSR count). The van der Waals surface area contributed by atoms with Crippen molar-refractivity contribution < 1.29 is 28.5 Å². The summed E-state index contributed by atoms with van der Waals surface area (Å²) in [4.78, 5) is 16.8. The molecule has 0 unspecified atom stereocenters. The van der Waals surface area contributed by atoms with Crippen LogP contribution >= 0.6 is 0 Å². The quantitative estimate of drug-likeness (QED) is 0.488. The van der Waals surface area contributed by atoms with Crippen LogP contribution < -0.4 is 33.9 Å². The summed E-state index contributed by atoms with van der Waals surface area (Å²) in [6, 6.07) is 12.7. The Morgan fingerprint density at radius 3 is 1.92 bits per heavy atom. The third-order valence-corrected chi connectivity index (χ3v) is 6.14. The highest BCUT2D eigenvalue weighted by Gasteiger charge is 2.23. The van der Waals surface area contributed by atoms with Gasteiger partial charge in [0, 0.05) is 43.9 Å². The number of methoxy groups -OCH3 is 5. The number of urea groups is 1. The maximum Gasteiger partial charge on any atom is 0.321 e. The summed E-state index contributed by atoms with van der Waals surface area (Å²) in [7, 11) is 7.80. The molecule has 0 saturated carbocycles. The summed E-state index contributed by atoms with van der Waals surface area (Å²) in [5.41, 5.74) is 2.16. The summed E-state index contributed by atoms with van der Waals surface area (Å²) < 4.78 is 26.8. The average molecular weight is 510 g/mol. The first-order chi connectivity index (χ1) is 18.0. The molecule has 37 heavy (non-hydrogen) atoms. The van der Waals surface area contributed by atoms with Gasteiger partial charge in [0.1, 0.15) is 0 Å². The smallest absolute Gasteiger partial charge is 0.321 e. The topological polar surface area (TPSA) is 108 Å². The molecule has 0 spiro atoms. The van der Waals surface area contributed by atoms with E-state index < -0.39 is 0 Å². The van der Waals surface area contributed by atoms with E-state index in [9.17, 15) is 4.79 Å². The standard InChI is InChI=1S/C26H31N5O6/c1-33-20-8-6-17(14-21(20)34-2)19-7-9-24(29-28-19)30-10-12-31(13-11-30)26(32)27-18-15-22(35-3)25(37-5)23(16-18)36-4/h6-9,14-16H,10-13H2,1-5H3,(H,27,32). The minimum absolute atomic E-state index is 0.205. The molecular weight excluding hydrogens is 478 g/mol. The first kappa shape index (κ1) is 25.7. The van der Waals surface area contributed by atoms with Gasteiger partial charge < -0.3 is 38.8 Å². The van der Waals surface area contributed by atoms with E-state index in [1.807, 2.05) is 30.3 Å². The normalized spacial score (nSPS) is 13.1. The maximum absolute atomic E-state index is 12.9. The number of benzene rings is 2. The predicted octanol–water partition coefficient (Wildman–Crippen LogP) is 3.54. The zero-order valence-corrected chi connectivity index (χ0v) is 21.6. The number of ether oxygens (including phenoxy) is 5. The van der Waals surface area contributed by atoms with Crippen molar-refractivity contribution in [2.24, 2.45) is 0 Å². The molecule has 2 aromatic carbocycles. The second-order valence-corrected chi connectivity index (χ2v) is 8.16. The first-order valence-electron chi connectivity index (χ1n) is 11.7. The molecule has 11 heteroatoms. The Bertz CT molecular complexity index is 1200. The van der Waals surface area contributed by atoms with E-state index in [4.69, 9.17) is 23.7 Å². The van der Waals surface area contributed by atoms with Crippen molar-refractivity contribution in [3.63, 3.8) is 0 Å². The number of amides is 2. The van der Waals surface area contributed by atoms with Gasteiger partial charge >= 0.3 is 6.03 Å². The van der Waals surface area contributed by atoms with Gasteiger partial charge in [-0.25, -0.2) is 4.79 Å². The van der Waals surface area contributed by atoms with Crippen LogP contribution in [0.5, 0.6) is 28.7 Å². The number of rotatable bonds is 8. The lowest BCUT2D eigenvalue weighted by Crippen LogP contribution is -2.50. The number of hydrogen-bond acceptors (Lipinski definition) is 9. The second-order valence-electron chi connectivity index (χ2n) is 8.16. The van der Waals surface area contributed by atoms with Gasteiger partial charge in [0.15, 0.2) is 28.8 Å². The van der Waals surface area contributed by atoms with Crippen molar-refractivity contribution in [2.45, 2.75) is 0 Å². The molecule has 0 radical (unpaired) electrons. The first-order valence-corrected chi connectivity index (χ1v) is 11.7. The SMILES string of the molecule is COc1ccc(-c2ccc(N3CCN(C(=O)Nc4cc(OC)c(OC)c(OC)c4)CC3)nn2)cc1OC. The number of carbonyl (C=O) groups excluding carboxylic acids is 1. The molecule has 1 fully saturated rings. The lowest BCUT2D eigenvalue weighted by molar-refractivity contribution is 0.208. The largest absolute Gasteiger partial charge is 0.493 e. The van der Waals surface area contributed by atoms with Gasteiger partial charge in [-0.1, -0.05) is 0 Å². The van der Waals surface area contributed by atoms with Gasteiger partial charge in [0.25, 0.3) is 0 Å². The van der Waals surface area contributed by atoms with Crippen molar-refractivity contribution >= 4 is 17.5 Å². The van der Waals surface area contributed by atoms with Crippen molar-refractivity contribution in [1.82, 2.24) is 15.1 Å². The molecule has 1 aliphatic rings.